The zero-order valence-electron chi connectivity index (χ0n) is 18.8. The lowest BCUT2D eigenvalue weighted by Crippen LogP contribution is -2.49. The van der Waals surface area contributed by atoms with Crippen molar-refractivity contribution in [2.75, 3.05) is 51.3 Å². The summed E-state index contributed by atoms with van der Waals surface area (Å²) in [5.74, 6) is 2.39. The monoisotopic (exact) mass is 436 g/mol. The molecule has 0 aliphatic carbocycles. The molecule has 32 heavy (non-hydrogen) atoms. The Hall–Kier alpha value is -3.09. The molecule has 0 spiro atoms. The predicted octanol–water partition coefficient (Wildman–Crippen LogP) is 3.07. The maximum atomic E-state index is 12.9. The van der Waals surface area contributed by atoms with Gasteiger partial charge in [0.15, 0.2) is 0 Å². The number of methoxy groups -OCH3 is 1. The van der Waals surface area contributed by atoms with E-state index in [9.17, 15) is 9.59 Å². The minimum absolute atomic E-state index is 0.0642. The molecule has 1 aromatic carbocycles. The van der Waals surface area contributed by atoms with E-state index < -0.39 is 0 Å². The summed E-state index contributed by atoms with van der Waals surface area (Å²) in [5, 5.41) is 0. The van der Waals surface area contributed by atoms with Crippen LogP contribution in [0.5, 0.6) is 5.75 Å². The summed E-state index contributed by atoms with van der Waals surface area (Å²) >= 11 is 0. The first-order valence-electron chi connectivity index (χ1n) is 11.5. The Kier molecular flexibility index (Phi) is 7.24. The van der Waals surface area contributed by atoms with E-state index in [0.29, 0.717) is 17.9 Å². The van der Waals surface area contributed by atoms with Crippen LogP contribution in [0.15, 0.2) is 48.7 Å². The SMILES string of the molecule is COc1ccc(C(=O)N2CCC[C@@H](CCC(=O)N3CCN(c4ccccn4)CC3)C2)cc1. The Labute approximate surface area is 190 Å². The van der Waals surface area contributed by atoms with Gasteiger partial charge in [0.2, 0.25) is 5.91 Å². The van der Waals surface area contributed by atoms with Crippen LogP contribution in [-0.2, 0) is 4.79 Å². The average molecular weight is 437 g/mol. The Morgan fingerprint density at radius 2 is 1.78 bits per heavy atom. The molecular formula is C25H32N4O3. The van der Waals surface area contributed by atoms with Crippen molar-refractivity contribution in [1.29, 1.82) is 0 Å². The molecule has 7 heteroatoms. The van der Waals surface area contributed by atoms with Crippen LogP contribution in [0.1, 0.15) is 36.0 Å². The van der Waals surface area contributed by atoms with Gasteiger partial charge in [-0.25, -0.2) is 4.98 Å². The Balaban J connectivity index is 1.23. The van der Waals surface area contributed by atoms with Gasteiger partial charge in [-0.05, 0) is 61.6 Å². The fourth-order valence-electron chi connectivity index (χ4n) is 4.61. The van der Waals surface area contributed by atoms with Crippen LogP contribution in [0.2, 0.25) is 0 Å². The van der Waals surface area contributed by atoms with E-state index in [2.05, 4.69) is 9.88 Å². The van der Waals surface area contributed by atoms with Crippen LogP contribution < -0.4 is 9.64 Å². The fraction of sp³-hybridized carbons (Fsp3) is 0.480. The second-order valence-corrected chi connectivity index (χ2v) is 8.58. The van der Waals surface area contributed by atoms with Crippen molar-refractivity contribution in [3.05, 3.63) is 54.2 Å². The molecule has 1 aromatic heterocycles. The molecule has 0 bridgehead atoms. The molecule has 2 aromatic rings. The van der Waals surface area contributed by atoms with E-state index in [1.165, 1.54) is 0 Å². The molecule has 2 aliphatic heterocycles. The van der Waals surface area contributed by atoms with Gasteiger partial charge in [0.1, 0.15) is 11.6 Å². The number of ether oxygens (including phenoxy) is 1. The van der Waals surface area contributed by atoms with E-state index in [-0.39, 0.29) is 11.8 Å². The van der Waals surface area contributed by atoms with E-state index in [4.69, 9.17) is 4.74 Å². The number of hydrogen-bond acceptors (Lipinski definition) is 5. The number of anilines is 1. The summed E-state index contributed by atoms with van der Waals surface area (Å²) in [6.07, 6.45) is 5.26. The van der Waals surface area contributed by atoms with Crippen LogP contribution >= 0.6 is 0 Å². The number of hydrogen-bond donors (Lipinski definition) is 0. The number of nitrogens with zero attached hydrogens (tertiary/aromatic N) is 4. The molecule has 0 saturated carbocycles. The third-order valence-electron chi connectivity index (χ3n) is 6.52. The van der Waals surface area contributed by atoms with Gasteiger partial charge in [0.25, 0.3) is 5.91 Å². The quantitative estimate of drug-likeness (QED) is 0.696. The highest BCUT2D eigenvalue weighted by molar-refractivity contribution is 5.94. The van der Waals surface area contributed by atoms with Crippen molar-refractivity contribution < 1.29 is 14.3 Å². The lowest BCUT2D eigenvalue weighted by molar-refractivity contribution is -0.131. The summed E-state index contributed by atoms with van der Waals surface area (Å²) in [6.45, 7) is 4.62. The second kappa shape index (κ2) is 10.5. The average Bonchev–Trinajstić information content (AvgIpc) is 2.87. The van der Waals surface area contributed by atoms with Crippen molar-refractivity contribution in [2.24, 2.45) is 5.92 Å². The Morgan fingerprint density at radius 3 is 2.47 bits per heavy atom. The van der Waals surface area contributed by atoms with Gasteiger partial charge in [0.05, 0.1) is 7.11 Å². The lowest BCUT2D eigenvalue weighted by atomic mass is 9.92. The summed E-state index contributed by atoms with van der Waals surface area (Å²) in [4.78, 5) is 36.2. The fourth-order valence-corrected chi connectivity index (χ4v) is 4.61. The molecule has 0 N–H and O–H groups in total. The Bertz CT molecular complexity index is 895. The van der Waals surface area contributed by atoms with Gasteiger partial charge in [-0.3, -0.25) is 9.59 Å². The molecule has 0 unspecified atom stereocenters. The van der Waals surface area contributed by atoms with Crippen molar-refractivity contribution in [3.8, 4) is 5.75 Å². The molecule has 3 heterocycles. The van der Waals surface area contributed by atoms with Gasteiger partial charge in [-0.2, -0.15) is 0 Å². The summed E-state index contributed by atoms with van der Waals surface area (Å²) in [6, 6.07) is 13.2. The van der Waals surface area contributed by atoms with Gasteiger partial charge >= 0.3 is 0 Å². The van der Waals surface area contributed by atoms with Crippen LogP contribution in [0.3, 0.4) is 0 Å². The maximum Gasteiger partial charge on any atom is 0.253 e. The van der Waals surface area contributed by atoms with Crippen molar-refractivity contribution in [1.82, 2.24) is 14.8 Å². The predicted molar refractivity (Wildman–Crippen MR) is 124 cm³/mol. The third kappa shape index (κ3) is 5.39. The number of piperazine rings is 1. The van der Waals surface area contributed by atoms with Crippen molar-refractivity contribution >= 4 is 17.6 Å². The number of carbonyl (C=O) groups is 2. The summed E-state index contributed by atoms with van der Waals surface area (Å²) < 4.78 is 5.18. The molecular weight excluding hydrogens is 404 g/mol. The largest absolute Gasteiger partial charge is 0.497 e. The first kappa shape index (κ1) is 22.1. The van der Waals surface area contributed by atoms with E-state index in [1.807, 2.05) is 52.3 Å². The lowest BCUT2D eigenvalue weighted by Gasteiger charge is -2.36. The standard InChI is InChI=1S/C25H32N4O3/c1-32-22-10-8-21(9-11-22)25(31)29-14-4-5-20(19-29)7-12-24(30)28-17-15-27(16-18-28)23-6-2-3-13-26-23/h2-3,6,8-11,13,20H,4-5,7,12,14-19H2,1H3/t20-/m0/s1. The highest BCUT2D eigenvalue weighted by atomic mass is 16.5. The van der Waals surface area contributed by atoms with Crippen LogP contribution in [0, 0.1) is 5.92 Å². The van der Waals surface area contributed by atoms with E-state index in [0.717, 1.165) is 70.1 Å². The molecule has 2 fully saturated rings. The highest BCUT2D eigenvalue weighted by Crippen LogP contribution is 2.24. The number of likely N-dealkylation sites (tertiary alicyclic amines) is 1. The number of piperidine rings is 1. The summed E-state index contributed by atoms with van der Waals surface area (Å²) in [5.41, 5.74) is 0.688. The smallest absolute Gasteiger partial charge is 0.253 e. The van der Waals surface area contributed by atoms with Crippen LogP contribution in [0.25, 0.3) is 0 Å². The normalized spacial score (nSPS) is 19.0. The molecule has 1 atom stereocenters. The molecule has 2 aliphatic rings. The van der Waals surface area contributed by atoms with Gasteiger partial charge < -0.3 is 19.4 Å². The molecule has 4 rings (SSSR count). The third-order valence-corrected chi connectivity index (χ3v) is 6.52. The first-order chi connectivity index (χ1) is 15.6. The molecule has 2 saturated heterocycles. The second-order valence-electron chi connectivity index (χ2n) is 8.58. The number of carbonyl (C=O) groups excluding carboxylic acids is 2. The van der Waals surface area contributed by atoms with E-state index in [1.54, 1.807) is 13.3 Å². The van der Waals surface area contributed by atoms with Crippen molar-refractivity contribution in [3.63, 3.8) is 0 Å². The van der Waals surface area contributed by atoms with Crippen LogP contribution in [0.4, 0.5) is 5.82 Å². The number of pyridine rings is 1. The minimum Gasteiger partial charge on any atom is -0.497 e. The molecule has 0 radical (unpaired) electrons. The number of benzene rings is 1. The number of rotatable bonds is 6. The zero-order valence-corrected chi connectivity index (χ0v) is 18.8. The van der Waals surface area contributed by atoms with Gasteiger partial charge in [-0.15, -0.1) is 0 Å². The maximum absolute atomic E-state index is 12.9. The first-order valence-corrected chi connectivity index (χ1v) is 11.5. The topological polar surface area (TPSA) is 66.0 Å². The van der Waals surface area contributed by atoms with E-state index >= 15 is 0 Å². The molecule has 2 amide bonds. The van der Waals surface area contributed by atoms with Crippen molar-refractivity contribution in [2.45, 2.75) is 25.7 Å². The summed E-state index contributed by atoms with van der Waals surface area (Å²) in [7, 11) is 1.62. The van der Waals surface area contributed by atoms with Crippen LogP contribution in [-0.4, -0.2) is 73.0 Å². The molecule has 170 valence electrons. The zero-order chi connectivity index (χ0) is 22.3. The highest BCUT2D eigenvalue weighted by Gasteiger charge is 2.27. The molecule has 7 nitrogen and oxygen atoms in total. The van der Waals surface area contributed by atoms with Gasteiger partial charge in [-0.1, -0.05) is 6.07 Å². The number of amides is 2. The minimum atomic E-state index is 0.0642. The number of aromatic nitrogens is 1. The Morgan fingerprint density at radius 1 is 1.00 bits per heavy atom. The van der Waals surface area contributed by atoms with Gasteiger partial charge in [0, 0.05) is 57.4 Å².